The summed E-state index contributed by atoms with van der Waals surface area (Å²) in [5, 5.41) is 41.7. The first-order chi connectivity index (χ1) is 13.2. The summed E-state index contributed by atoms with van der Waals surface area (Å²) < 4.78 is 12.8. The highest BCUT2D eigenvalue weighted by molar-refractivity contribution is 8.01. The maximum absolute atomic E-state index is 11.5. The number of fused-ring (bicyclic) bond motifs is 2. The molecule has 2 bridgehead atoms. The van der Waals surface area contributed by atoms with E-state index >= 15 is 0 Å². The molecule has 10 atom stereocenters. The van der Waals surface area contributed by atoms with Gasteiger partial charge in [-0.3, -0.25) is 0 Å². The molecule has 4 N–H and O–H groups in total. The molecule has 0 amide bonds. The maximum atomic E-state index is 11.5. The van der Waals surface area contributed by atoms with Crippen LogP contribution in [0.3, 0.4) is 0 Å². The quantitative estimate of drug-likeness (QED) is 0.490. The van der Waals surface area contributed by atoms with Crippen molar-refractivity contribution >= 4 is 23.5 Å². The van der Waals surface area contributed by atoms with Gasteiger partial charge in [-0.15, -0.1) is 0 Å². The van der Waals surface area contributed by atoms with Crippen LogP contribution in [0.15, 0.2) is 0 Å². The van der Waals surface area contributed by atoms with E-state index in [4.69, 9.17) is 9.47 Å². The summed E-state index contributed by atoms with van der Waals surface area (Å²) in [5.74, 6) is -0.370. The zero-order valence-corrected chi connectivity index (χ0v) is 18.4. The predicted molar refractivity (Wildman–Crippen MR) is 108 cm³/mol. The molecule has 3 saturated carbocycles. The first kappa shape index (κ1) is 20.4. The van der Waals surface area contributed by atoms with Crippen molar-refractivity contribution in [3.05, 3.63) is 0 Å². The monoisotopic (exact) mass is 432 g/mol. The van der Waals surface area contributed by atoms with Crippen LogP contribution < -0.4 is 0 Å². The number of thioether (sulfide) groups is 2. The van der Waals surface area contributed by atoms with E-state index in [-0.39, 0.29) is 52.2 Å². The third-order valence-corrected chi connectivity index (χ3v) is 12.3. The van der Waals surface area contributed by atoms with Gasteiger partial charge in [0.05, 0.1) is 36.9 Å². The molecule has 0 aromatic carbocycles. The van der Waals surface area contributed by atoms with Gasteiger partial charge in [-0.05, 0) is 19.8 Å². The molecular formula is C20H32O6S2. The van der Waals surface area contributed by atoms with Crippen LogP contribution in [0.2, 0.25) is 0 Å². The second kappa shape index (κ2) is 6.03. The fourth-order valence-corrected chi connectivity index (χ4v) is 11.1. The van der Waals surface area contributed by atoms with Crippen LogP contribution in [0.1, 0.15) is 33.6 Å². The Morgan fingerprint density at radius 3 is 2.50 bits per heavy atom. The zero-order valence-electron chi connectivity index (χ0n) is 16.8. The number of aliphatic hydroxyl groups excluding tert-OH is 3. The van der Waals surface area contributed by atoms with Gasteiger partial charge in [-0.2, -0.15) is 23.5 Å². The minimum absolute atomic E-state index is 0.0540. The molecule has 5 fully saturated rings. The van der Waals surface area contributed by atoms with Gasteiger partial charge in [-0.25, -0.2) is 0 Å². The fourth-order valence-electron chi connectivity index (χ4n) is 7.85. The summed E-state index contributed by atoms with van der Waals surface area (Å²) in [4.78, 5) is 0. The van der Waals surface area contributed by atoms with Crippen LogP contribution in [-0.2, 0) is 9.47 Å². The van der Waals surface area contributed by atoms with Crippen LogP contribution in [0.5, 0.6) is 0 Å². The van der Waals surface area contributed by atoms with Crippen molar-refractivity contribution < 1.29 is 29.9 Å². The van der Waals surface area contributed by atoms with E-state index in [0.29, 0.717) is 18.1 Å². The summed E-state index contributed by atoms with van der Waals surface area (Å²) in [6.07, 6.45) is 0.738. The molecule has 28 heavy (non-hydrogen) atoms. The molecule has 3 aliphatic carbocycles. The Kier molecular flexibility index (Phi) is 4.39. The molecule has 2 heterocycles. The van der Waals surface area contributed by atoms with Crippen LogP contribution in [0.4, 0.5) is 0 Å². The molecule has 5 aliphatic rings. The van der Waals surface area contributed by atoms with Crippen molar-refractivity contribution in [1.82, 2.24) is 0 Å². The van der Waals surface area contributed by atoms with Gasteiger partial charge in [0, 0.05) is 38.8 Å². The highest BCUT2D eigenvalue weighted by Gasteiger charge is 2.95. The molecule has 8 heteroatoms. The molecule has 5 rings (SSSR count). The predicted octanol–water partition coefficient (Wildman–Crippen LogP) is 0.848. The topological polar surface area (TPSA) is 99.4 Å². The van der Waals surface area contributed by atoms with Gasteiger partial charge >= 0.3 is 0 Å². The summed E-state index contributed by atoms with van der Waals surface area (Å²) >= 11 is 3.44. The van der Waals surface area contributed by atoms with Crippen molar-refractivity contribution in [2.75, 3.05) is 31.3 Å². The normalized spacial score (nSPS) is 61.2. The van der Waals surface area contributed by atoms with Crippen molar-refractivity contribution in [2.45, 2.75) is 67.2 Å². The average Bonchev–Trinajstić information content (AvgIpc) is 2.95. The smallest absolute Gasteiger partial charge is 0.196 e. The largest absolute Gasteiger partial charge is 0.396 e. The molecule has 3 unspecified atom stereocenters. The molecular weight excluding hydrogens is 400 g/mol. The van der Waals surface area contributed by atoms with Gasteiger partial charge in [0.1, 0.15) is 6.10 Å². The third kappa shape index (κ3) is 1.92. The van der Waals surface area contributed by atoms with Crippen molar-refractivity contribution in [3.8, 4) is 0 Å². The highest BCUT2D eigenvalue weighted by Crippen LogP contribution is 2.89. The van der Waals surface area contributed by atoms with Crippen molar-refractivity contribution in [3.63, 3.8) is 0 Å². The van der Waals surface area contributed by atoms with Gasteiger partial charge in [-0.1, -0.05) is 13.8 Å². The standard InChI is InChI=1S/C20H32O6S2/c1-11-12(27-8-6-21)13-18(10-25-20(11,24)15(18)23)17(3)14-16(2,26-13)4-5-19(14,17)28-9-7-22/h11-15,21-24H,4-10H2,1-3H3/t11?,12?,13-,14-,15+,16-,17+,18-,19?,20-/m1/s1. The Labute approximate surface area is 174 Å². The Balaban J connectivity index is 1.63. The van der Waals surface area contributed by atoms with E-state index < -0.39 is 17.3 Å². The lowest BCUT2D eigenvalue weighted by Gasteiger charge is -2.60. The second-order valence-electron chi connectivity index (χ2n) is 9.78. The maximum Gasteiger partial charge on any atom is 0.196 e. The van der Waals surface area contributed by atoms with Gasteiger partial charge < -0.3 is 29.9 Å². The minimum Gasteiger partial charge on any atom is -0.396 e. The lowest BCUT2D eigenvalue weighted by Crippen LogP contribution is -2.72. The number of ether oxygens (including phenoxy) is 2. The van der Waals surface area contributed by atoms with Crippen molar-refractivity contribution in [1.29, 1.82) is 0 Å². The Morgan fingerprint density at radius 2 is 1.82 bits per heavy atom. The molecule has 2 saturated heterocycles. The molecule has 2 aliphatic heterocycles. The number of aliphatic hydroxyl groups is 4. The summed E-state index contributed by atoms with van der Waals surface area (Å²) in [7, 11) is 0. The van der Waals surface area contributed by atoms with E-state index in [1.54, 1.807) is 11.8 Å². The third-order valence-electron chi connectivity index (χ3n) is 9.03. The van der Waals surface area contributed by atoms with Crippen LogP contribution in [0, 0.1) is 22.7 Å². The number of hydrogen-bond donors (Lipinski definition) is 4. The van der Waals surface area contributed by atoms with Crippen LogP contribution >= 0.6 is 23.5 Å². The van der Waals surface area contributed by atoms with Gasteiger partial charge in [0.15, 0.2) is 5.79 Å². The van der Waals surface area contributed by atoms with Gasteiger partial charge in [0.25, 0.3) is 0 Å². The zero-order chi connectivity index (χ0) is 20.2. The van der Waals surface area contributed by atoms with E-state index in [9.17, 15) is 20.4 Å². The van der Waals surface area contributed by atoms with E-state index in [1.807, 2.05) is 18.7 Å². The molecule has 0 radical (unpaired) electrons. The number of hydrogen-bond acceptors (Lipinski definition) is 8. The summed E-state index contributed by atoms with van der Waals surface area (Å²) in [6.45, 7) is 6.89. The number of rotatable bonds is 6. The lowest BCUT2D eigenvalue weighted by atomic mass is 9.54. The molecule has 1 spiro atoms. The fraction of sp³-hybridized carbons (Fsp3) is 1.00. The van der Waals surface area contributed by atoms with Gasteiger partial charge in [0.2, 0.25) is 0 Å². The highest BCUT2D eigenvalue weighted by atomic mass is 32.2. The van der Waals surface area contributed by atoms with Crippen molar-refractivity contribution in [2.24, 2.45) is 22.7 Å². The Bertz CT molecular complexity index is 681. The SMILES string of the molecule is CC1C(SCCO)[C@H]2O[C@]3(C)CCC4(SCCO)[C@H]3[C@@]4(C)[C@]23CO[C@@]1(O)[C@H]3O. The molecule has 6 nitrogen and oxygen atoms in total. The Morgan fingerprint density at radius 1 is 1.11 bits per heavy atom. The van der Waals surface area contributed by atoms with E-state index in [0.717, 1.165) is 12.8 Å². The average molecular weight is 433 g/mol. The summed E-state index contributed by atoms with van der Waals surface area (Å²) in [5.41, 5.74) is -1.16. The lowest BCUT2D eigenvalue weighted by molar-refractivity contribution is -0.297. The summed E-state index contributed by atoms with van der Waals surface area (Å²) in [6, 6.07) is 0. The molecule has 0 aromatic heterocycles. The second-order valence-corrected chi connectivity index (χ2v) is 12.5. The first-order valence-electron chi connectivity index (χ1n) is 10.4. The molecule has 0 aromatic rings. The molecule has 160 valence electrons. The first-order valence-corrected chi connectivity index (χ1v) is 12.4. The van der Waals surface area contributed by atoms with Crippen LogP contribution in [0.25, 0.3) is 0 Å². The minimum atomic E-state index is -1.58. The van der Waals surface area contributed by atoms with Crippen LogP contribution in [-0.4, -0.2) is 85.3 Å². The van der Waals surface area contributed by atoms with E-state index in [2.05, 4.69) is 13.8 Å². The van der Waals surface area contributed by atoms with E-state index in [1.165, 1.54) is 0 Å². The Hall–Kier alpha value is 0.460.